The Labute approximate surface area is 195 Å². The van der Waals surface area contributed by atoms with E-state index in [9.17, 15) is 9.59 Å². The van der Waals surface area contributed by atoms with E-state index < -0.39 is 0 Å². The molecule has 0 unspecified atom stereocenters. The van der Waals surface area contributed by atoms with Crippen molar-refractivity contribution in [3.63, 3.8) is 0 Å². The molecule has 1 fully saturated rings. The number of pyridine rings is 1. The number of nitrogens with zero attached hydrogens (tertiary/aromatic N) is 3. The Balaban J connectivity index is 1.79. The van der Waals surface area contributed by atoms with Crippen LogP contribution in [0, 0.1) is 13.8 Å². The van der Waals surface area contributed by atoms with Gasteiger partial charge in [-0.3, -0.25) is 18.9 Å². The van der Waals surface area contributed by atoms with Crippen molar-refractivity contribution in [3.05, 3.63) is 92.8 Å². The molecular formula is C24H22N4O2S2. The molecule has 0 atom stereocenters. The van der Waals surface area contributed by atoms with Crippen molar-refractivity contribution >= 4 is 51.7 Å². The number of carbonyl (C=O) groups is 1. The highest BCUT2D eigenvalue weighted by Gasteiger charge is 2.31. The smallest absolute Gasteiger partial charge is 0.267 e. The number of thiocarbonyl (C=S) groups is 1. The van der Waals surface area contributed by atoms with Gasteiger partial charge < -0.3 is 5.32 Å². The number of benzene rings is 1. The molecule has 1 aromatic carbocycles. The standard InChI is InChI=1S/C24H22N4O2S2/c1-4-11-27-23(30)19(32-24(27)31)12-18-21(25-13-17-8-5-15(2)6-9-17)26-20-10-7-16(3)14-28(20)22(18)29/h4-10,12,14,25H,1,11,13H2,2-3H3. The summed E-state index contributed by atoms with van der Waals surface area (Å²) >= 11 is 6.50. The van der Waals surface area contributed by atoms with Crippen LogP contribution in [-0.2, 0) is 11.3 Å². The second-order valence-corrected chi connectivity index (χ2v) is 9.21. The summed E-state index contributed by atoms with van der Waals surface area (Å²) in [5.74, 6) is 0.187. The van der Waals surface area contributed by atoms with E-state index in [2.05, 4.69) is 16.9 Å². The minimum Gasteiger partial charge on any atom is -0.365 e. The van der Waals surface area contributed by atoms with E-state index in [1.54, 1.807) is 24.4 Å². The summed E-state index contributed by atoms with van der Waals surface area (Å²) in [5, 5.41) is 3.28. The number of fused-ring (bicyclic) bond motifs is 1. The van der Waals surface area contributed by atoms with Crippen molar-refractivity contribution in [2.24, 2.45) is 0 Å². The molecule has 0 aliphatic carbocycles. The van der Waals surface area contributed by atoms with Crippen molar-refractivity contribution in [2.45, 2.75) is 20.4 Å². The lowest BCUT2D eigenvalue weighted by Crippen LogP contribution is -2.28. The van der Waals surface area contributed by atoms with E-state index in [0.29, 0.717) is 39.3 Å². The summed E-state index contributed by atoms with van der Waals surface area (Å²) in [6.45, 7) is 8.44. The van der Waals surface area contributed by atoms with Crippen molar-refractivity contribution in [3.8, 4) is 0 Å². The van der Waals surface area contributed by atoms with Crippen molar-refractivity contribution in [1.82, 2.24) is 14.3 Å². The fourth-order valence-corrected chi connectivity index (χ4v) is 4.59. The van der Waals surface area contributed by atoms with Gasteiger partial charge in [-0.05, 0) is 37.1 Å². The largest absolute Gasteiger partial charge is 0.365 e. The van der Waals surface area contributed by atoms with E-state index in [4.69, 9.17) is 12.2 Å². The maximum absolute atomic E-state index is 13.4. The van der Waals surface area contributed by atoms with Crippen LogP contribution in [0.4, 0.5) is 5.82 Å². The molecule has 1 aliphatic heterocycles. The maximum Gasteiger partial charge on any atom is 0.267 e. The molecule has 162 valence electrons. The predicted octanol–water partition coefficient (Wildman–Crippen LogP) is 4.31. The number of aromatic nitrogens is 2. The molecule has 0 radical (unpaired) electrons. The minimum absolute atomic E-state index is 0.238. The lowest BCUT2D eigenvalue weighted by atomic mass is 10.1. The lowest BCUT2D eigenvalue weighted by Gasteiger charge is -2.12. The van der Waals surface area contributed by atoms with Crippen LogP contribution in [0.1, 0.15) is 22.3 Å². The fraction of sp³-hybridized carbons (Fsp3) is 0.167. The Kier molecular flexibility index (Phi) is 6.25. The van der Waals surface area contributed by atoms with Crippen LogP contribution in [0.5, 0.6) is 0 Å². The predicted molar refractivity (Wildman–Crippen MR) is 135 cm³/mol. The van der Waals surface area contributed by atoms with Crippen molar-refractivity contribution in [1.29, 1.82) is 0 Å². The first-order chi connectivity index (χ1) is 15.4. The molecule has 0 bridgehead atoms. The number of aryl methyl sites for hydroxylation is 2. The van der Waals surface area contributed by atoms with Gasteiger partial charge in [0.05, 0.1) is 10.5 Å². The maximum atomic E-state index is 13.4. The molecule has 6 nitrogen and oxygen atoms in total. The molecule has 2 aromatic heterocycles. The number of carbonyl (C=O) groups excluding carboxylic acids is 1. The third kappa shape index (κ3) is 4.37. The molecule has 1 saturated heterocycles. The van der Waals surface area contributed by atoms with Crippen LogP contribution >= 0.6 is 24.0 Å². The van der Waals surface area contributed by atoms with Gasteiger partial charge in [0.25, 0.3) is 11.5 Å². The molecule has 0 saturated carbocycles. The van der Waals surface area contributed by atoms with Crippen LogP contribution < -0.4 is 10.9 Å². The summed E-state index contributed by atoms with van der Waals surface area (Å²) in [4.78, 5) is 32.7. The molecule has 32 heavy (non-hydrogen) atoms. The molecule has 4 rings (SSSR count). The topological polar surface area (TPSA) is 66.7 Å². The van der Waals surface area contributed by atoms with E-state index in [1.165, 1.54) is 26.6 Å². The number of hydrogen-bond donors (Lipinski definition) is 1. The number of anilines is 1. The van der Waals surface area contributed by atoms with Gasteiger partial charge in [-0.2, -0.15) is 0 Å². The molecule has 1 amide bonds. The quantitative estimate of drug-likeness (QED) is 0.335. The van der Waals surface area contributed by atoms with Gasteiger partial charge in [-0.15, -0.1) is 6.58 Å². The Hall–Kier alpha value is -3.23. The number of nitrogens with one attached hydrogen (secondary N) is 1. The first-order valence-corrected chi connectivity index (χ1v) is 11.3. The van der Waals surface area contributed by atoms with Gasteiger partial charge in [0.1, 0.15) is 15.8 Å². The first-order valence-electron chi connectivity index (χ1n) is 10.1. The Morgan fingerprint density at radius 3 is 2.56 bits per heavy atom. The van der Waals surface area contributed by atoms with Crippen LogP contribution in [0.3, 0.4) is 0 Å². The van der Waals surface area contributed by atoms with Gasteiger partial charge in [0.15, 0.2) is 0 Å². The van der Waals surface area contributed by atoms with E-state index in [0.717, 1.165) is 11.1 Å². The van der Waals surface area contributed by atoms with Crippen molar-refractivity contribution < 1.29 is 4.79 Å². The van der Waals surface area contributed by atoms with E-state index >= 15 is 0 Å². The van der Waals surface area contributed by atoms with E-state index in [-0.39, 0.29) is 11.5 Å². The Morgan fingerprint density at radius 1 is 1.12 bits per heavy atom. The molecule has 3 aromatic rings. The van der Waals surface area contributed by atoms with Gasteiger partial charge in [0, 0.05) is 19.3 Å². The highest BCUT2D eigenvalue weighted by Crippen LogP contribution is 2.33. The molecule has 1 aliphatic rings. The Morgan fingerprint density at radius 2 is 1.84 bits per heavy atom. The minimum atomic E-state index is -0.251. The zero-order valence-electron chi connectivity index (χ0n) is 17.8. The summed E-state index contributed by atoms with van der Waals surface area (Å²) in [5.41, 5.74) is 3.77. The number of amides is 1. The molecule has 1 N–H and O–H groups in total. The third-order valence-electron chi connectivity index (χ3n) is 5.05. The van der Waals surface area contributed by atoms with Gasteiger partial charge in [-0.25, -0.2) is 4.98 Å². The lowest BCUT2D eigenvalue weighted by molar-refractivity contribution is -0.121. The monoisotopic (exact) mass is 462 g/mol. The Bertz CT molecular complexity index is 1330. The molecule has 0 spiro atoms. The number of thioether (sulfide) groups is 1. The highest BCUT2D eigenvalue weighted by molar-refractivity contribution is 8.26. The second kappa shape index (κ2) is 9.10. The molecular weight excluding hydrogens is 440 g/mol. The molecule has 8 heteroatoms. The van der Waals surface area contributed by atoms with E-state index in [1.807, 2.05) is 44.2 Å². The highest BCUT2D eigenvalue weighted by atomic mass is 32.2. The van der Waals surface area contributed by atoms with Gasteiger partial charge in [-0.1, -0.05) is 66.0 Å². The average molecular weight is 463 g/mol. The first kappa shape index (κ1) is 22.0. The summed E-state index contributed by atoms with van der Waals surface area (Å²) < 4.78 is 1.95. The van der Waals surface area contributed by atoms with Crippen LogP contribution in [0.2, 0.25) is 0 Å². The van der Waals surface area contributed by atoms with Gasteiger partial charge in [0.2, 0.25) is 0 Å². The summed E-state index contributed by atoms with van der Waals surface area (Å²) in [6, 6.07) is 11.8. The SMILES string of the molecule is C=CCN1C(=O)C(=Cc2c(NCc3ccc(C)cc3)nc3ccc(C)cn3c2=O)SC1=S. The fourth-order valence-electron chi connectivity index (χ4n) is 3.33. The molecule has 3 heterocycles. The summed E-state index contributed by atoms with van der Waals surface area (Å²) in [6.07, 6.45) is 4.95. The number of rotatable bonds is 6. The van der Waals surface area contributed by atoms with Crippen LogP contribution in [0.15, 0.2) is 64.9 Å². The van der Waals surface area contributed by atoms with Gasteiger partial charge >= 0.3 is 0 Å². The van der Waals surface area contributed by atoms with Crippen LogP contribution in [0.25, 0.3) is 11.7 Å². The summed E-state index contributed by atoms with van der Waals surface area (Å²) in [7, 11) is 0. The zero-order valence-corrected chi connectivity index (χ0v) is 19.4. The normalized spacial score (nSPS) is 15.1. The average Bonchev–Trinajstić information content (AvgIpc) is 3.04. The zero-order chi connectivity index (χ0) is 22.8. The van der Waals surface area contributed by atoms with Crippen LogP contribution in [-0.4, -0.2) is 31.1 Å². The number of hydrogen-bond acceptors (Lipinski definition) is 6. The van der Waals surface area contributed by atoms with Crippen molar-refractivity contribution in [2.75, 3.05) is 11.9 Å². The second-order valence-electron chi connectivity index (χ2n) is 7.53. The third-order valence-corrected chi connectivity index (χ3v) is 6.42.